The van der Waals surface area contributed by atoms with Crippen molar-refractivity contribution in [2.45, 2.75) is 26.3 Å². The van der Waals surface area contributed by atoms with Crippen molar-refractivity contribution >= 4 is 5.91 Å². The van der Waals surface area contributed by atoms with Crippen molar-refractivity contribution < 1.29 is 18.7 Å². The SMILES string of the molecule is CCCOc1ccc(C(C)NC(=O)c2occc2-c2ccccc2)cc1OC. The molecule has 0 aliphatic rings. The van der Waals surface area contributed by atoms with E-state index in [9.17, 15) is 4.79 Å². The van der Waals surface area contributed by atoms with Gasteiger partial charge in [0.05, 0.1) is 26.0 Å². The van der Waals surface area contributed by atoms with E-state index in [2.05, 4.69) is 12.2 Å². The molecule has 28 heavy (non-hydrogen) atoms. The van der Waals surface area contributed by atoms with E-state index < -0.39 is 0 Å². The summed E-state index contributed by atoms with van der Waals surface area (Å²) in [6.45, 7) is 4.60. The molecule has 3 rings (SSSR count). The van der Waals surface area contributed by atoms with Crippen LogP contribution in [0.3, 0.4) is 0 Å². The van der Waals surface area contributed by atoms with Crippen LogP contribution in [0.2, 0.25) is 0 Å². The number of benzene rings is 2. The lowest BCUT2D eigenvalue weighted by molar-refractivity contribution is 0.0912. The summed E-state index contributed by atoms with van der Waals surface area (Å²) in [6, 6.07) is 17.0. The molecular weight excluding hydrogens is 354 g/mol. The molecule has 2 aromatic carbocycles. The highest BCUT2D eigenvalue weighted by Gasteiger charge is 2.20. The van der Waals surface area contributed by atoms with Crippen LogP contribution in [-0.2, 0) is 0 Å². The van der Waals surface area contributed by atoms with Gasteiger partial charge in [0.15, 0.2) is 17.3 Å². The third-order valence-electron chi connectivity index (χ3n) is 4.45. The van der Waals surface area contributed by atoms with Crippen LogP contribution in [0.4, 0.5) is 0 Å². The predicted molar refractivity (Wildman–Crippen MR) is 109 cm³/mol. The first-order chi connectivity index (χ1) is 13.6. The second-order valence-electron chi connectivity index (χ2n) is 6.48. The summed E-state index contributed by atoms with van der Waals surface area (Å²) >= 11 is 0. The van der Waals surface area contributed by atoms with Gasteiger partial charge < -0.3 is 19.2 Å². The first-order valence-electron chi connectivity index (χ1n) is 9.38. The standard InChI is InChI=1S/C23H25NO4/c1-4-13-27-20-11-10-18(15-21(20)26-3)16(2)24-23(25)22-19(12-14-28-22)17-8-6-5-7-9-17/h5-12,14-16H,4,13H2,1-3H3,(H,24,25). The van der Waals surface area contributed by atoms with E-state index in [4.69, 9.17) is 13.9 Å². The molecule has 0 bridgehead atoms. The Labute approximate surface area is 165 Å². The van der Waals surface area contributed by atoms with Crippen molar-refractivity contribution in [2.75, 3.05) is 13.7 Å². The Hall–Kier alpha value is -3.21. The molecule has 0 fully saturated rings. The number of amides is 1. The summed E-state index contributed by atoms with van der Waals surface area (Å²) in [5, 5.41) is 2.99. The van der Waals surface area contributed by atoms with Gasteiger partial charge in [-0.1, -0.05) is 43.3 Å². The van der Waals surface area contributed by atoms with Crippen LogP contribution in [-0.4, -0.2) is 19.6 Å². The van der Waals surface area contributed by atoms with Crippen LogP contribution in [0, 0.1) is 0 Å². The van der Waals surface area contributed by atoms with E-state index in [1.54, 1.807) is 13.2 Å². The molecule has 1 aromatic heterocycles. The molecule has 0 radical (unpaired) electrons. The molecule has 146 valence electrons. The summed E-state index contributed by atoms with van der Waals surface area (Å²) < 4.78 is 16.6. The lowest BCUT2D eigenvalue weighted by atomic mass is 10.0. The average Bonchev–Trinajstić information content (AvgIpc) is 3.22. The minimum absolute atomic E-state index is 0.227. The van der Waals surface area contributed by atoms with Crippen LogP contribution in [0.15, 0.2) is 65.3 Å². The van der Waals surface area contributed by atoms with E-state index in [-0.39, 0.29) is 11.9 Å². The number of methoxy groups -OCH3 is 1. The van der Waals surface area contributed by atoms with Crippen molar-refractivity contribution in [1.29, 1.82) is 0 Å². The second-order valence-corrected chi connectivity index (χ2v) is 6.48. The number of carbonyl (C=O) groups is 1. The zero-order valence-electron chi connectivity index (χ0n) is 16.4. The fraction of sp³-hybridized carbons (Fsp3) is 0.261. The molecule has 1 atom stereocenters. The van der Waals surface area contributed by atoms with Gasteiger partial charge in [-0.25, -0.2) is 0 Å². The van der Waals surface area contributed by atoms with Gasteiger partial charge in [0, 0.05) is 5.56 Å². The van der Waals surface area contributed by atoms with Crippen LogP contribution in [0.1, 0.15) is 42.4 Å². The monoisotopic (exact) mass is 379 g/mol. The van der Waals surface area contributed by atoms with Crippen LogP contribution in [0.5, 0.6) is 11.5 Å². The number of nitrogens with one attached hydrogen (secondary N) is 1. The maximum absolute atomic E-state index is 12.8. The van der Waals surface area contributed by atoms with Crippen molar-refractivity contribution in [1.82, 2.24) is 5.32 Å². The number of rotatable bonds is 8. The van der Waals surface area contributed by atoms with E-state index in [1.807, 2.05) is 55.5 Å². The van der Waals surface area contributed by atoms with Crippen molar-refractivity contribution in [3.63, 3.8) is 0 Å². The zero-order chi connectivity index (χ0) is 19.9. The van der Waals surface area contributed by atoms with Crippen LogP contribution < -0.4 is 14.8 Å². The van der Waals surface area contributed by atoms with E-state index in [1.165, 1.54) is 6.26 Å². The first kappa shape index (κ1) is 19.5. The summed E-state index contributed by atoms with van der Waals surface area (Å²) in [4.78, 5) is 12.8. The van der Waals surface area contributed by atoms with Gasteiger partial charge in [0.1, 0.15) is 0 Å². The molecule has 3 aromatic rings. The van der Waals surface area contributed by atoms with Crippen LogP contribution in [0.25, 0.3) is 11.1 Å². The highest BCUT2D eigenvalue weighted by Crippen LogP contribution is 2.31. The van der Waals surface area contributed by atoms with Crippen molar-refractivity contribution in [3.05, 3.63) is 72.2 Å². The molecule has 0 aliphatic carbocycles. The fourth-order valence-electron chi connectivity index (χ4n) is 2.96. The molecule has 1 unspecified atom stereocenters. The molecule has 0 aliphatic heterocycles. The van der Waals surface area contributed by atoms with E-state index >= 15 is 0 Å². The number of carbonyl (C=O) groups excluding carboxylic acids is 1. The highest BCUT2D eigenvalue weighted by atomic mass is 16.5. The predicted octanol–water partition coefficient (Wildman–Crippen LogP) is 5.24. The fourth-order valence-corrected chi connectivity index (χ4v) is 2.96. The summed E-state index contributed by atoms with van der Waals surface area (Å²) in [5.41, 5.74) is 2.63. The molecule has 1 amide bonds. The Balaban J connectivity index is 1.76. The first-order valence-corrected chi connectivity index (χ1v) is 9.38. The maximum atomic E-state index is 12.8. The van der Waals surface area contributed by atoms with Gasteiger partial charge >= 0.3 is 0 Å². The maximum Gasteiger partial charge on any atom is 0.288 e. The topological polar surface area (TPSA) is 60.7 Å². The quantitative estimate of drug-likeness (QED) is 0.582. The lowest BCUT2D eigenvalue weighted by Gasteiger charge is -2.17. The highest BCUT2D eigenvalue weighted by molar-refractivity contribution is 5.98. The summed E-state index contributed by atoms with van der Waals surface area (Å²) in [5.74, 6) is 1.38. The van der Waals surface area contributed by atoms with E-state index in [0.29, 0.717) is 23.9 Å². The summed E-state index contributed by atoms with van der Waals surface area (Å²) in [7, 11) is 1.61. The van der Waals surface area contributed by atoms with Crippen molar-refractivity contribution in [2.24, 2.45) is 0 Å². The van der Waals surface area contributed by atoms with Gasteiger partial charge in [-0.15, -0.1) is 0 Å². The molecule has 0 saturated heterocycles. The normalized spacial score (nSPS) is 11.7. The summed E-state index contributed by atoms with van der Waals surface area (Å²) in [6.07, 6.45) is 2.45. The minimum Gasteiger partial charge on any atom is -0.493 e. The Morgan fingerprint density at radius 3 is 2.61 bits per heavy atom. The Morgan fingerprint density at radius 2 is 1.89 bits per heavy atom. The Bertz CT molecular complexity index is 917. The smallest absolute Gasteiger partial charge is 0.288 e. The Kier molecular flexibility index (Phi) is 6.37. The molecule has 5 heteroatoms. The molecule has 1 heterocycles. The Morgan fingerprint density at radius 1 is 1.11 bits per heavy atom. The average molecular weight is 379 g/mol. The number of hydrogen-bond donors (Lipinski definition) is 1. The number of furan rings is 1. The second kappa shape index (κ2) is 9.13. The van der Waals surface area contributed by atoms with Gasteiger partial charge in [-0.3, -0.25) is 4.79 Å². The van der Waals surface area contributed by atoms with Gasteiger partial charge in [0.2, 0.25) is 0 Å². The molecular formula is C23H25NO4. The molecule has 5 nitrogen and oxygen atoms in total. The van der Waals surface area contributed by atoms with Gasteiger partial charge in [-0.05, 0) is 42.7 Å². The van der Waals surface area contributed by atoms with Gasteiger partial charge in [0.25, 0.3) is 5.91 Å². The largest absolute Gasteiger partial charge is 0.493 e. The van der Waals surface area contributed by atoms with E-state index in [0.717, 1.165) is 23.1 Å². The van der Waals surface area contributed by atoms with Crippen LogP contribution >= 0.6 is 0 Å². The zero-order valence-corrected chi connectivity index (χ0v) is 16.4. The third-order valence-corrected chi connectivity index (χ3v) is 4.45. The number of hydrogen-bond acceptors (Lipinski definition) is 4. The molecule has 0 saturated carbocycles. The molecule has 1 N–H and O–H groups in total. The minimum atomic E-state index is -0.262. The van der Waals surface area contributed by atoms with Gasteiger partial charge in [-0.2, -0.15) is 0 Å². The number of ether oxygens (including phenoxy) is 2. The third kappa shape index (κ3) is 4.36. The molecule has 0 spiro atoms. The van der Waals surface area contributed by atoms with Crippen molar-refractivity contribution in [3.8, 4) is 22.6 Å². The lowest BCUT2D eigenvalue weighted by Crippen LogP contribution is -2.26.